The Bertz CT molecular complexity index is 1040. The molecule has 2 aliphatic rings. The van der Waals surface area contributed by atoms with Crippen LogP contribution in [-0.4, -0.2) is 58.5 Å². The molecule has 0 bridgehead atoms. The molecule has 4 nitrogen and oxygen atoms in total. The number of aromatic nitrogens is 2. The monoisotopic (exact) mass is 444 g/mol. The average molecular weight is 445 g/mol. The number of hydrogen-bond acceptors (Lipinski definition) is 3. The van der Waals surface area contributed by atoms with Gasteiger partial charge < -0.3 is 14.8 Å². The SMILES string of the molecule is CCc1c(-c2ccncc2)[nH]c2ccc(C3CCN(C4CCN(CC(C)C)CC4)CC3)cc12. The van der Waals surface area contributed by atoms with Crippen molar-refractivity contribution in [1.82, 2.24) is 19.8 Å². The zero-order chi connectivity index (χ0) is 22.8. The van der Waals surface area contributed by atoms with Crippen molar-refractivity contribution in [2.45, 2.75) is 64.8 Å². The van der Waals surface area contributed by atoms with E-state index in [1.54, 1.807) is 0 Å². The van der Waals surface area contributed by atoms with E-state index >= 15 is 0 Å². The Kier molecular flexibility index (Phi) is 6.84. The second-order valence-corrected chi connectivity index (χ2v) is 10.6. The molecule has 2 aliphatic heterocycles. The number of H-pyrrole nitrogens is 1. The third-order valence-corrected chi connectivity index (χ3v) is 7.95. The lowest BCUT2D eigenvalue weighted by Gasteiger charge is -2.42. The van der Waals surface area contributed by atoms with Crippen molar-refractivity contribution in [3.05, 3.63) is 53.9 Å². The van der Waals surface area contributed by atoms with Gasteiger partial charge >= 0.3 is 0 Å². The Balaban J connectivity index is 1.25. The second-order valence-electron chi connectivity index (χ2n) is 10.6. The smallest absolute Gasteiger partial charge is 0.0498 e. The van der Waals surface area contributed by atoms with Gasteiger partial charge in [0.15, 0.2) is 0 Å². The van der Waals surface area contributed by atoms with Crippen LogP contribution in [0.25, 0.3) is 22.2 Å². The molecule has 2 fully saturated rings. The molecule has 4 heteroatoms. The summed E-state index contributed by atoms with van der Waals surface area (Å²) in [7, 11) is 0. The fourth-order valence-corrected chi connectivity index (χ4v) is 6.23. The van der Waals surface area contributed by atoms with Crippen molar-refractivity contribution >= 4 is 10.9 Å². The normalized spacial score (nSPS) is 19.6. The second kappa shape index (κ2) is 9.99. The van der Waals surface area contributed by atoms with Crippen molar-refractivity contribution in [1.29, 1.82) is 0 Å². The zero-order valence-corrected chi connectivity index (χ0v) is 20.7. The van der Waals surface area contributed by atoms with Gasteiger partial charge in [-0.25, -0.2) is 0 Å². The minimum atomic E-state index is 0.690. The van der Waals surface area contributed by atoms with Crippen molar-refractivity contribution in [2.24, 2.45) is 5.92 Å². The van der Waals surface area contributed by atoms with Gasteiger partial charge in [0.25, 0.3) is 0 Å². The molecule has 1 aromatic carbocycles. The summed E-state index contributed by atoms with van der Waals surface area (Å²) in [5.74, 6) is 1.47. The average Bonchev–Trinajstić information content (AvgIpc) is 3.23. The van der Waals surface area contributed by atoms with E-state index < -0.39 is 0 Å². The van der Waals surface area contributed by atoms with Crippen molar-refractivity contribution < 1.29 is 0 Å². The molecule has 2 aromatic heterocycles. The van der Waals surface area contributed by atoms with Crippen LogP contribution in [0.15, 0.2) is 42.7 Å². The molecule has 0 radical (unpaired) electrons. The van der Waals surface area contributed by atoms with Crippen molar-refractivity contribution in [3.63, 3.8) is 0 Å². The van der Waals surface area contributed by atoms with Crippen LogP contribution in [0.5, 0.6) is 0 Å². The number of pyridine rings is 1. The summed E-state index contributed by atoms with van der Waals surface area (Å²) < 4.78 is 0. The van der Waals surface area contributed by atoms with Crippen LogP contribution in [0.1, 0.15) is 63.5 Å². The maximum absolute atomic E-state index is 4.19. The van der Waals surface area contributed by atoms with E-state index in [4.69, 9.17) is 0 Å². The number of piperidine rings is 2. The van der Waals surface area contributed by atoms with E-state index in [0.29, 0.717) is 5.92 Å². The van der Waals surface area contributed by atoms with Gasteiger partial charge in [0.2, 0.25) is 0 Å². The fourth-order valence-electron chi connectivity index (χ4n) is 6.23. The first-order valence-electron chi connectivity index (χ1n) is 13.1. The molecule has 0 spiro atoms. The standard InChI is InChI=1S/C29H40N4/c1-4-26-27-19-24(5-6-28(27)31-29(26)23-7-13-30-14-8-23)22-9-17-33(18-10-22)25-11-15-32(16-12-25)20-21(2)3/h5-8,13-14,19,21-22,25,31H,4,9-12,15-18,20H2,1-3H3. The van der Waals surface area contributed by atoms with Gasteiger partial charge in [-0.1, -0.05) is 26.8 Å². The molecule has 2 saturated heterocycles. The third-order valence-electron chi connectivity index (χ3n) is 7.95. The molecule has 5 rings (SSSR count). The van der Waals surface area contributed by atoms with Gasteiger partial charge in [0, 0.05) is 47.1 Å². The first-order chi connectivity index (χ1) is 16.1. The van der Waals surface area contributed by atoms with Crippen LogP contribution in [0, 0.1) is 5.92 Å². The summed E-state index contributed by atoms with van der Waals surface area (Å²) in [5, 5.41) is 1.40. The summed E-state index contributed by atoms with van der Waals surface area (Å²) in [6.45, 7) is 13.3. The molecule has 1 N–H and O–H groups in total. The predicted octanol–water partition coefficient (Wildman–Crippen LogP) is 6.09. The fraction of sp³-hybridized carbons (Fsp3) is 0.552. The summed E-state index contributed by atoms with van der Waals surface area (Å²) in [4.78, 5) is 13.4. The van der Waals surface area contributed by atoms with E-state index in [0.717, 1.165) is 18.4 Å². The highest BCUT2D eigenvalue weighted by molar-refractivity contribution is 5.91. The Morgan fingerprint density at radius 1 is 0.970 bits per heavy atom. The molecular formula is C29H40N4. The minimum Gasteiger partial charge on any atom is -0.354 e. The van der Waals surface area contributed by atoms with E-state index in [2.05, 4.69) is 70.9 Å². The van der Waals surface area contributed by atoms with Gasteiger partial charge in [0.1, 0.15) is 0 Å². The quantitative estimate of drug-likeness (QED) is 0.499. The van der Waals surface area contributed by atoms with Crippen LogP contribution in [0.2, 0.25) is 0 Å². The van der Waals surface area contributed by atoms with Crippen LogP contribution >= 0.6 is 0 Å². The van der Waals surface area contributed by atoms with E-state index in [9.17, 15) is 0 Å². The third kappa shape index (κ3) is 4.88. The van der Waals surface area contributed by atoms with Crippen LogP contribution in [0.4, 0.5) is 0 Å². The van der Waals surface area contributed by atoms with Gasteiger partial charge in [-0.3, -0.25) is 4.98 Å². The molecule has 4 heterocycles. The molecule has 176 valence electrons. The van der Waals surface area contributed by atoms with E-state index in [1.165, 1.54) is 91.7 Å². The van der Waals surface area contributed by atoms with Gasteiger partial charge in [-0.2, -0.15) is 0 Å². The lowest BCUT2D eigenvalue weighted by Crippen LogP contribution is -2.48. The van der Waals surface area contributed by atoms with Gasteiger partial charge in [-0.05, 0) is 106 Å². The highest BCUT2D eigenvalue weighted by atomic mass is 15.2. The van der Waals surface area contributed by atoms with Crippen molar-refractivity contribution in [2.75, 3.05) is 32.7 Å². The molecule has 0 amide bonds. The minimum absolute atomic E-state index is 0.690. The lowest BCUT2D eigenvalue weighted by molar-refractivity contribution is 0.0828. The predicted molar refractivity (Wildman–Crippen MR) is 139 cm³/mol. The Morgan fingerprint density at radius 2 is 1.70 bits per heavy atom. The number of fused-ring (bicyclic) bond motifs is 1. The molecule has 0 saturated carbocycles. The molecule has 0 unspecified atom stereocenters. The highest BCUT2D eigenvalue weighted by Crippen LogP contribution is 2.36. The highest BCUT2D eigenvalue weighted by Gasteiger charge is 2.29. The number of hydrogen-bond donors (Lipinski definition) is 1. The summed E-state index contributed by atoms with van der Waals surface area (Å²) >= 11 is 0. The maximum atomic E-state index is 4.19. The van der Waals surface area contributed by atoms with Crippen LogP contribution in [-0.2, 0) is 6.42 Å². The molecule has 33 heavy (non-hydrogen) atoms. The van der Waals surface area contributed by atoms with Crippen LogP contribution < -0.4 is 0 Å². The topological polar surface area (TPSA) is 35.2 Å². The Labute approximate surface area is 199 Å². The zero-order valence-electron chi connectivity index (χ0n) is 20.7. The molecule has 0 atom stereocenters. The number of nitrogens with zero attached hydrogens (tertiary/aromatic N) is 3. The number of aromatic amines is 1. The summed E-state index contributed by atoms with van der Waals surface area (Å²) in [6, 6.07) is 12.2. The number of aryl methyl sites for hydroxylation is 1. The Morgan fingerprint density at radius 3 is 2.36 bits per heavy atom. The molecular weight excluding hydrogens is 404 g/mol. The summed E-state index contributed by atoms with van der Waals surface area (Å²) in [6.07, 6.45) is 10.1. The molecule has 0 aliphatic carbocycles. The first-order valence-corrected chi connectivity index (χ1v) is 13.1. The van der Waals surface area contributed by atoms with Crippen molar-refractivity contribution in [3.8, 4) is 11.3 Å². The Hall–Kier alpha value is -2.17. The van der Waals surface area contributed by atoms with Gasteiger partial charge in [0.05, 0.1) is 0 Å². The van der Waals surface area contributed by atoms with E-state index in [-0.39, 0.29) is 0 Å². The maximum Gasteiger partial charge on any atom is 0.0498 e. The molecule has 3 aromatic rings. The van der Waals surface area contributed by atoms with Crippen LogP contribution in [0.3, 0.4) is 0 Å². The lowest BCUT2D eigenvalue weighted by atomic mass is 9.87. The number of nitrogens with one attached hydrogen (secondary N) is 1. The van der Waals surface area contributed by atoms with Gasteiger partial charge in [-0.15, -0.1) is 0 Å². The largest absolute Gasteiger partial charge is 0.354 e. The number of benzene rings is 1. The number of likely N-dealkylation sites (tertiary alicyclic amines) is 2. The van der Waals surface area contributed by atoms with E-state index in [1.807, 2.05) is 12.4 Å². The first kappa shape index (κ1) is 22.6. The summed E-state index contributed by atoms with van der Waals surface area (Å²) in [5.41, 5.74) is 6.71. The number of rotatable bonds is 6.